The van der Waals surface area contributed by atoms with Crippen LogP contribution in [0.3, 0.4) is 0 Å². The number of hydrogen-bond donors (Lipinski definition) is 2. The quantitative estimate of drug-likeness (QED) is 0.732. The third-order valence-corrected chi connectivity index (χ3v) is 4.38. The maximum atomic E-state index is 11.2. The molecule has 0 amide bonds. The number of pyridine rings is 1. The number of amidine groups is 2. The van der Waals surface area contributed by atoms with Crippen molar-refractivity contribution < 1.29 is 4.21 Å². The van der Waals surface area contributed by atoms with Crippen LogP contribution in [0.25, 0.3) is 0 Å². The molecule has 25 heavy (non-hydrogen) atoms. The molecule has 2 heterocycles. The van der Waals surface area contributed by atoms with Crippen molar-refractivity contribution >= 4 is 28.5 Å². The minimum absolute atomic E-state index is 0.201. The summed E-state index contributed by atoms with van der Waals surface area (Å²) >= 11 is -1.58. The first kappa shape index (κ1) is 17.1. The number of anilines is 1. The number of nitrogens with one attached hydrogen (secondary N) is 1. The molecule has 0 fully saturated rings. The Hall–Kier alpha value is -2.74. The Bertz CT molecular complexity index is 778. The highest BCUT2D eigenvalue weighted by Gasteiger charge is 2.15. The van der Waals surface area contributed by atoms with E-state index in [4.69, 9.17) is 5.73 Å². The van der Waals surface area contributed by atoms with Crippen molar-refractivity contribution in [2.45, 2.75) is 13.0 Å². The van der Waals surface area contributed by atoms with Gasteiger partial charge in [0.15, 0.2) is 11.7 Å². The number of hydrogen-bond acceptors (Lipinski definition) is 5. The molecular weight excluding hydrogens is 336 g/mol. The topological polar surface area (TPSA) is 96.0 Å². The molecule has 3 N–H and O–H groups in total. The van der Waals surface area contributed by atoms with Crippen molar-refractivity contribution in [3.8, 4) is 0 Å². The summed E-state index contributed by atoms with van der Waals surface area (Å²) < 4.78 is 18.7. The van der Waals surface area contributed by atoms with E-state index in [-0.39, 0.29) is 5.84 Å². The van der Waals surface area contributed by atoms with Gasteiger partial charge in [0.05, 0.1) is 12.2 Å². The Kier molecular flexibility index (Phi) is 5.73. The molecule has 1 atom stereocenters. The molecule has 0 radical (unpaired) electrons. The van der Waals surface area contributed by atoms with Crippen molar-refractivity contribution in [1.29, 1.82) is 0 Å². The summed E-state index contributed by atoms with van der Waals surface area (Å²) in [5.74, 6) is 0.612. The number of para-hydroxylation sites is 1. The average Bonchev–Trinajstić information content (AvgIpc) is 2.96. The number of aromatic nitrogens is 1. The molecule has 8 heteroatoms. The molecule has 2 aromatic rings. The molecule has 0 saturated carbocycles. The predicted octanol–water partition coefficient (Wildman–Crippen LogP) is 1.42. The normalized spacial score (nSPS) is 16.2. The lowest BCUT2D eigenvalue weighted by molar-refractivity contribution is 0.686. The van der Waals surface area contributed by atoms with Gasteiger partial charge < -0.3 is 16.0 Å². The third kappa shape index (κ3) is 4.87. The van der Waals surface area contributed by atoms with Gasteiger partial charge >= 0.3 is 0 Å². The fraction of sp³-hybridized carbons (Fsp3) is 0.235. The van der Waals surface area contributed by atoms with Gasteiger partial charge in [0.2, 0.25) is 0 Å². The van der Waals surface area contributed by atoms with Gasteiger partial charge in [-0.15, -0.1) is 8.80 Å². The SMILES string of the molecule is NC1=NS(=O)N=C1NCCCN(Cc1ccccn1)c1ccccc1. The third-order valence-electron chi connectivity index (χ3n) is 3.69. The molecular formula is C17H20N6OS. The standard InChI is InChI=1S/C17H20N6OS/c18-16-17(22-25(24)21-16)20-11-6-12-23(15-8-2-1-3-9-15)13-14-7-4-5-10-19-14/h1-5,7-10H,6,11-13H2,(H2,18,21)(H,20,22). The highest BCUT2D eigenvalue weighted by Crippen LogP contribution is 2.16. The van der Waals surface area contributed by atoms with Crippen LogP contribution in [0.15, 0.2) is 63.5 Å². The zero-order chi connectivity index (χ0) is 17.5. The fourth-order valence-electron chi connectivity index (χ4n) is 2.50. The Morgan fingerprint density at radius 1 is 1.08 bits per heavy atom. The van der Waals surface area contributed by atoms with E-state index in [0.717, 1.165) is 30.9 Å². The average molecular weight is 356 g/mol. The van der Waals surface area contributed by atoms with E-state index in [1.165, 1.54) is 0 Å². The predicted molar refractivity (Wildman–Crippen MR) is 102 cm³/mol. The van der Waals surface area contributed by atoms with Crippen molar-refractivity contribution in [3.05, 3.63) is 60.4 Å². The largest absolute Gasteiger partial charge is 0.380 e. The van der Waals surface area contributed by atoms with Gasteiger partial charge in [-0.2, -0.15) is 0 Å². The molecule has 0 bridgehead atoms. The lowest BCUT2D eigenvalue weighted by Gasteiger charge is -2.24. The fourth-order valence-corrected chi connectivity index (χ4v) is 3.11. The van der Waals surface area contributed by atoms with E-state index in [1.807, 2.05) is 36.4 Å². The zero-order valence-corrected chi connectivity index (χ0v) is 14.5. The van der Waals surface area contributed by atoms with Crippen LogP contribution < -0.4 is 16.0 Å². The minimum Gasteiger partial charge on any atom is -0.380 e. The van der Waals surface area contributed by atoms with Crippen LogP contribution in [-0.2, 0) is 17.7 Å². The molecule has 0 aliphatic carbocycles. The van der Waals surface area contributed by atoms with Gasteiger partial charge in [0.1, 0.15) is 0 Å². The maximum absolute atomic E-state index is 11.2. The lowest BCUT2D eigenvalue weighted by Crippen LogP contribution is -2.36. The Morgan fingerprint density at radius 3 is 2.56 bits per heavy atom. The summed E-state index contributed by atoms with van der Waals surface area (Å²) in [4.78, 5) is 6.68. The van der Waals surface area contributed by atoms with E-state index in [9.17, 15) is 4.21 Å². The summed E-state index contributed by atoms with van der Waals surface area (Å²) in [5.41, 5.74) is 7.82. The van der Waals surface area contributed by atoms with E-state index in [1.54, 1.807) is 6.20 Å². The van der Waals surface area contributed by atoms with Crippen molar-refractivity contribution in [2.24, 2.45) is 14.5 Å². The summed E-state index contributed by atoms with van der Waals surface area (Å²) in [6, 6.07) is 16.2. The summed E-state index contributed by atoms with van der Waals surface area (Å²) in [6.45, 7) is 2.23. The maximum Gasteiger partial charge on any atom is 0.269 e. The van der Waals surface area contributed by atoms with Crippen LogP contribution in [0.5, 0.6) is 0 Å². The number of benzene rings is 1. The molecule has 3 rings (SSSR count). The summed E-state index contributed by atoms with van der Waals surface area (Å²) in [5, 5.41) is 3.09. The second kappa shape index (κ2) is 8.39. The molecule has 130 valence electrons. The van der Waals surface area contributed by atoms with Gasteiger partial charge in [-0.1, -0.05) is 24.3 Å². The smallest absolute Gasteiger partial charge is 0.269 e. The molecule has 1 unspecified atom stereocenters. The van der Waals surface area contributed by atoms with Crippen LogP contribution in [0.2, 0.25) is 0 Å². The zero-order valence-electron chi connectivity index (χ0n) is 13.7. The van der Waals surface area contributed by atoms with Crippen molar-refractivity contribution in [3.63, 3.8) is 0 Å². The highest BCUT2D eigenvalue weighted by atomic mass is 32.2. The van der Waals surface area contributed by atoms with Crippen molar-refractivity contribution in [2.75, 3.05) is 18.0 Å². The van der Waals surface area contributed by atoms with E-state index in [0.29, 0.717) is 12.4 Å². The Labute approximate surface area is 149 Å². The molecule has 0 spiro atoms. The molecule has 1 aliphatic rings. The Morgan fingerprint density at radius 2 is 1.88 bits per heavy atom. The van der Waals surface area contributed by atoms with Crippen LogP contribution >= 0.6 is 0 Å². The van der Waals surface area contributed by atoms with Crippen LogP contribution in [-0.4, -0.2) is 34.0 Å². The van der Waals surface area contributed by atoms with Crippen LogP contribution in [0, 0.1) is 0 Å². The monoisotopic (exact) mass is 356 g/mol. The first-order valence-corrected chi connectivity index (χ1v) is 9.08. The van der Waals surface area contributed by atoms with E-state index < -0.39 is 11.2 Å². The molecule has 1 aromatic carbocycles. The summed E-state index contributed by atoms with van der Waals surface area (Å²) in [7, 11) is 0. The summed E-state index contributed by atoms with van der Waals surface area (Å²) in [6.07, 6.45) is 2.67. The second-order valence-corrected chi connectivity index (χ2v) is 6.33. The van der Waals surface area contributed by atoms with Gasteiger partial charge in [0, 0.05) is 25.0 Å². The van der Waals surface area contributed by atoms with Gasteiger partial charge in [-0.25, -0.2) is 4.21 Å². The van der Waals surface area contributed by atoms with Crippen LogP contribution in [0.4, 0.5) is 5.69 Å². The highest BCUT2D eigenvalue weighted by molar-refractivity contribution is 7.83. The number of rotatable bonds is 7. The molecule has 1 aliphatic heterocycles. The number of nitrogens with zero attached hydrogens (tertiary/aromatic N) is 4. The molecule has 0 saturated heterocycles. The van der Waals surface area contributed by atoms with Gasteiger partial charge in [0.25, 0.3) is 11.2 Å². The lowest BCUT2D eigenvalue weighted by atomic mass is 10.2. The second-order valence-electron chi connectivity index (χ2n) is 5.51. The van der Waals surface area contributed by atoms with Gasteiger partial charge in [-0.3, -0.25) is 4.98 Å². The van der Waals surface area contributed by atoms with E-state index in [2.05, 4.69) is 36.1 Å². The molecule has 1 aromatic heterocycles. The molecule has 7 nitrogen and oxygen atoms in total. The van der Waals surface area contributed by atoms with Crippen LogP contribution in [0.1, 0.15) is 12.1 Å². The Balaban J connectivity index is 1.58. The first-order chi connectivity index (χ1) is 12.2. The van der Waals surface area contributed by atoms with Gasteiger partial charge in [-0.05, 0) is 30.7 Å². The minimum atomic E-state index is -1.58. The van der Waals surface area contributed by atoms with E-state index >= 15 is 0 Å². The first-order valence-electron chi connectivity index (χ1n) is 8.01. The number of nitrogens with two attached hydrogens (primary N) is 1. The van der Waals surface area contributed by atoms with Crippen molar-refractivity contribution in [1.82, 2.24) is 10.3 Å².